The van der Waals surface area contributed by atoms with Crippen molar-refractivity contribution in [1.82, 2.24) is 0 Å². The third kappa shape index (κ3) is 14.2. The molecule has 0 saturated heterocycles. The molecule has 0 radical (unpaired) electrons. The zero-order chi connectivity index (χ0) is 23.6. The van der Waals surface area contributed by atoms with Crippen LogP contribution >= 0.6 is 7.26 Å². The van der Waals surface area contributed by atoms with Crippen molar-refractivity contribution in [3.8, 4) is 5.75 Å². The minimum atomic E-state index is -4.15. The number of aliphatic hydroxyl groups is 1. The fourth-order valence-corrected chi connectivity index (χ4v) is 9.29. The van der Waals surface area contributed by atoms with Crippen molar-refractivity contribution < 1.29 is 22.8 Å². The van der Waals surface area contributed by atoms with Crippen LogP contribution in [0.2, 0.25) is 0 Å². The average molecular weight is 478 g/mol. The summed E-state index contributed by atoms with van der Waals surface area (Å²) in [6.45, 7) is 9.45. The minimum absolute atomic E-state index is 0.111. The maximum absolute atomic E-state index is 10.6. The Labute approximate surface area is 192 Å². The first-order chi connectivity index (χ1) is 14.8. The van der Waals surface area contributed by atoms with Crippen LogP contribution in [0.4, 0.5) is 0 Å². The Kier molecular flexibility index (Phi) is 17.4. The highest BCUT2D eigenvalue weighted by atomic mass is 32.2. The van der Waals surface area contributed by atoms with Gasteiger partial charge in [-0.05, 0) is 49.9 Å². The number of rotatable bonds is 16. The van der Waals surface area contributed by atoms with Gasteiger partial charge < -0.3 is 9.84 Å². The third-order valence-electron chi connectivity index (χ3n) is 5.43. The standard InChI is InChI=1S/C16H36P.C8H10O5S/c1-5-9-13-17(14-10-6-2,15-11-7-3)16-12-8-4;9-5-6-13-7-1-3-8(4-2-7)14(10,11)12/h5-16H2,1-4H3;1-4,9H,5-6H2,(H,10,11,12)/q+1;. The summed E-state index contributed by atoms with van der Waals surface area (Å²) in [7, 11) is -4.71. The van der Waals surface area contributed by atoms with E-state index in [4.69, 9.17) is 14.4 Å². The SMILES string of the molecule is CCCC[P+](CCCC)(CCCC)CCCC.O=S(=O)(O)c1ccc(OCCO)cc1. The smallest absolute Gasteiger partial charge is 0.294 e. The molecule has 0 amide bonds. The maximum atomic E-state index is 10.6. The highest BCUT2D eigenvalue weighted by Gasteiger charge is 2.34. The van der Waals surface area contributed by atoms with Crippen molar-refractivity contribution in [3.05, 3.63) is 24.3 Å². The lowest BCUT2D eigenvalue weighted by Crippen LogP contribution is -2.12. The fourth-order valence-electron chi connectivity index (χ4n) is 3.52. The number of aliphatic hydroxyl groups excluding tert-OH is 1. The topological polar surface area (TPSA) is 83.8 Å². The molecule has 1 aromatic rings. The molecule has 0 saturated carbocycles. The highest BCUT2D eigenvalue weighted by Crippen LogP contribution is 2.61. The van der Waals surface area contributed by atoms with Crippen molar-refractivity contribution >= 4 is 17.4 Å². The number of hydrogen-bond acceptors (Lipinski definition) is 4. The molecule has 31 heavy (non-hydrogen) atoms. The van der Waals surface area contributed by atoms with Gasteiger partial charge in [-0.15, -0.1) is 0 Å². The summed E-state index contributed by atoms with van der Waals surface area (Å²) in [6.07, 6.45) is 17.9. The second-order valence-corrected chi connectivity index (χ2v) is 14.1. The molecule has 0 aliphatic carbocycles. The van der Waals surface area contributed by atoms with E-state index in [2.05, 4.69) is 27.7 Å². The van der Waals surface area contributed by atoms with Gasteiger partial charge in [-0.2, -0.15) is 8.42 Å². The van der Waals surface area contributed by atoms with Crippen LogP contribution in [0.1, 0.15) is 79.1 Å². The summed E-state index contributed by atoms with van der Waals surface area (Å²) < 4.78 is 34.9. The van der Waals surface area contributed by atoms with Gasteiger partial charge in [0.15, 0.2) is 0 Å². The Balaban J connectivity index is 0.000000590. The number of hydrogen-bond donors (Lipinski definition) is 2. The van der Waals surface area contributed by atoms with Gasteiger partial charge in [0.25, 0.3) is 10.1 Å². The van der Waals surface area contributed by atoms with Crippen LogP contribution in [0.3, 0.4) is 0 Å². The molecule has 0 aliphatic heterocycles. The number of benzene rings is 1. The Morgan fingerprint density at radius 1 is 0.774 bits per heavy atom. The van der Waals surface area contributed by atoms with Gasteiger partial charge >= 0.3 is 0 Å². The van der Waals surface area contributed by atoms with Crippen molar-refractivity contribution in [2.24, 2.45) is 0 Å². The Morgan fingerprint density at radius 3 is 1.45 bits per heavy atom. The van der Waals surface area contributed by atoms with Gasteiger partial charge in [-0.1, -0.05) is 53.4 Å². The first kappa shape index (κ1) is 30.3. The van der Waals surface area contributed by atoms with Crippen LogP contribution in [0.15, 0.2) is 29.2 Å². The normalized spacial score (nSPS) is 11.7. The molecule has 5 nitrogen and oxygen atoms in total. The van der Waals surface area contributed by atoms with Gasteiger partial charge in [-0.25, -0.2) is 0 Å². The van der Waals surface area contributed by atoms with Crippen LogP contribution in [0.25, 0.3) is 0 Å². The lowest BCUT2D eigenvalue weighted by atomic mass is 10.3. The Bertz CT molecular complexity index is 609. The van der Waals surface area contributed by atoms with Gasteiger partial charge in [-0.3, -0.25) is 4.55 Å². The van der Waals surface area contributed by atoms with E-state index in [1.54, 1.807) is 24.6 Å². The van der Waals surface area contributed by atoms with E-state index in [1.165, 1.54) is 75.6 Å². The van der Waals surface area contributed by atoms with E-state index in [0.717, 1.165) is 0 Å². The molecule has 0 unspecified atom stereocenters. The molecule has 7 heteroatoms. The lowest BCUT2D eigenvalue weighted by Gasteiger charge is -2.28. The number of unbranched alkanes of at least 4 members (excludes halogenated alkanes) is 4. The molecule has 182 valence electrons. The summed E-state index contributed by atoms with van der Waals surface area (Å²) in [5, 5.41) is 8.45. The zero-order valence-electron chi connectivity index (χ0n) is 20.2. The summed E-state index contributed by atoms with van der Waals surface area (Å²) in [5.41, 5.74) is 0. The molecule has 0 aromatic heterocycles. The molecular weight excluding hydrogens is 431 g/mol. The second kappa shape index (κ2) is 17.8. The van der Waals surface area contributed by atoms with Gasteiger partial charge in [0.1, 0.15) is 12.4 Å². The van der Waals surface area contributed by atoms with E-state index < -0.39 is 17.4 Å². The number of ether oxygens (including phenoxy) is 1. The molecule has 0 aliphatic rings. The van der Waals surface area contributed by atoms with Gasteiger partial charge in [0.2, 0.25) is 0 Å². The van der Waals surface area contributed by atoms with Gasteiger partial charge in [0, 0.05) is 7.26 Å². The average Bonchev–Trinajstić information content (AvgIpc) is 2.77. The van der Waals surface area contributed by atoms with Crippen LogP contribution in [0.5, 0.6) is 5.75 Å². The lowest BCUT2D eigenvalue weighted by molar-refractivity contribution is 0.201. The molecule has 1 rings (SSSR count). The first-order valence-corrected chi connectivity index (χ1v) is 15.9. The maximum Gasteiger partial charge on any atom is 0.294 e. The summed E-state index contributed by atoms with van der Waals surface area (Å²) in [4.78, 5) is -0.186. The van der Waals surface area contributed by atoms with Crippen molar-refractivity contribution in [3.63, 3.8) is 0 Å². The second-order valence-electron chi connectivity index (χ2n) is 8.17. The van der Waals surface area contributed by atoms with Gasteiger partial charge in [0.05, 0.1) is 36.2 Å². The summed E-state index contributed by atoms with van der Waals surface area (Å²) in [6, 6.07) is 5.25. The van der Waals surface area contributed by atoms with E-state index in [-0.39, 0.29) is 18.1 Å². The monoisotopic (exact) mass is 477 g/mol. The zero-order valence-corrected chi connectivity index (χ0v) is 21.9. The van der Waals surface area contributed by atoms with E-state index in [9.17, 15) is 8.42 Å². The van der Waals surface area contributed by atoms with Crippen molar-refractivity contribution in [1.29, 1.82) is 0 Å². The molecule has 0 heterocycles. The van der Waals surface area contributed by atoms with E-state index >= 15 is 0 Å². The molecule has 2 N–H and O–H groups in total. The van der Waals surface area contributed by atoms with Crippen molar-refractivity contribution in [2.45, 2.75) is 84.0 Å². The minimum Gasteiger partial charge on any atom is -0.491 e. The molecule has 0 spiro atoms. The quantitative estimate of drug-likeness (QED) is 0.209. The van der Waals surface area contributed by atoms with Crippen LogP contribution < -0.4 is 4.74 Å². The molecular formula is C24H46O5PS+. The van der Waals surface area contributed by atoms with Crippen LogP contribution in [0, 0.1) is 0 Å². The molecule has 0 bridgehead atoms. The predicted molar refractivity (Wildman–Crippen MR) is 135 cm³/mol. The molecule has 1 aromatic carbocycles. The summed E-state index contributed by atoms with van der Waals surface area (Å²) in [5.74, 6) is 0.437. The Morgan fingerprint density at radius 2 is 1.16 bits per heavy atom. The van der Waals surface area contributed by atoms with Crippen LogP contribution in [-0.4, -0.2) is 55.9 Å². The van der Waals surface area contributed by atoms with E-state index in [0.29, 0.717) is 5.75 Å². The largest absolute Gasteiger partial charge is 0.491 e. The van der Waals surface area contributed by atoms with Crippen LogP contribution in [-0.2, 0) is 10.1 Å². The Hall–Kier alpha value is -0.680. The van der Waals surface area contributed by atoms with E-state index in [1.807, 2.05) is 0 Å². The first-order valence-electron chi connectivity index (χ1n) is 11.9. The molecule has 0 atom stereocenters. The van der Waals surface area contributed by atoms with Crippen molar-refractivity contribution in [2.75, 3.05) is 37.9 Å². The molecule has 0 fully saturated rings. The highest BCUT2D eigenvalue weighted by molar-refractivity contribution is 7.85. The fraction of sp³-hybridized carbons (Fsp3) is 0.750. The predicted octanol–water partition coefficient (Wildman–Crippen LogP) is 6.51. The summed E-state index contributed by atoms with van der Waals surface area (Å²) >= 11 is 0. The third-order valence-corrected chi connectivity index (χ3v) is 11.4.